The van der Waals surface area contributed by atoms with Gasteiger partial charge in [-0.3, -0.25) is 19.9 Å². The van der Waals surface area contributed by atoms with Crippen molar-refractivity contribution < 1.29 is 9.72 Å². The van der Waals surface area contributed by atoms with E-state index in [9.17, 15) is 14.9 Å². The Morgan fingerprint density at radius 2 is 1.93 bits per heavy atom. The Kier molecular flexibility index (Phi) is 5.19. The summed E-state index contributed by atoms with van der Waals surface area (Å²) < 4.78 is 0. The summed E-state index contributed by atoms with van der Waals surface area (Å²) >= 11 is 1.43. The molecule has 2 aromatic carbocycles. The highest BCUT2D eigenvalue weighted by Gasteiger charge is 2.42. The molecule has 2 aliphatic rings. The van der Waals surface area contributed by atoms with Gasteiger partial charge in [-0.05, 0) is 23.6 Å². The van der Waals surface area contributed by atoms with Gasteiger partial charge in [-0.2, -0.15) is 0 Å². The molecule has 0 N–H and O–H groups in total. The number of thioether (sulfide) groups is 1. The summed E-state index contributed by atoms with van der Waals surface area (Å²) in [7, 11) is 0. The Morgan fingerprint density at radius 3 is 2.62 bits per heavy atom. The van der Waals surface area contributed by atoms with Crippen molar-refractivity contribution in [3.8, 4) is 0 Å². The number of benzene rings is 2. The lowest BCUT2D eigenvalue weighted by molar-refractivity contribution is -0.384. The number of fused-ring (bicyclic) bond motifs is 3. The van der Waals surface area contributed by atoms with Crippen molar-refractivity contribution in [2.45, 2.75) is 32.1 Å². The molecule has 0 unspecified atom stereocenters. The average Bonchev–Trinajstić information content (AvgIpc) is 3.09. The van der Waals surface area contributed by atoms with E-state index >= 15 is 0 Å². The highest BCUT2D eigenvalue weighted by Crippen LogP contribution is 2.36. The second-order valence-electron chi connectivity index (χ2n) is 7.08. The van der Waals surface area contributed by atoms with Gasteiger partial charge < -0.3 is 0 Å². The topological polar surface area (TPSA) is 88.2 Å². The first-order chi connectivity index (χ1) is 14.0. The summed E-state index contributed by atoms with van der Waals surface area (Å²) in [5.74, 6) is 1.31. The fraction of sp³-hybridized carbons (Fsp3) is 0.286. The van der Waals surface area contributed by atoms with E-state index in [2.05, 4.69) is 6.92 Å². The van der Waals surface area contributed by atoms with E-state index < -0.39 is 11.0 Å². The van der Waals surface area contributed by atoms with Crippen LogP contribution in [0.3, 0.4) is 0 Å². The molecule has 0 saturated carbocycles. The zero-order valence-corrected chi connectivity index (χ0v) is 16.9. The predicted octanol–water partition coefficient (Wildman–Crippen LogP) is 4.53. The summed E-state index contributed by atoms with van der Waals surface area (Å²) in [6, 6.07) is 13.7. The molecule has 0 bridgehead atoms. The fourth-order valence-electron chi connectivity index (χ4n) is 3.32. The van der Waals surface area contributed by atoms with Gasteiger partial charge in [-0.1, -0.05) is 56.3 Å². The van der Waals surface area contributed by atoms with Crippen LogP contribution < -0.4 is 0 Å². The number of nitrogens with zero attached hydrogens (tertiary/aromatic N) is 4. The standard InChI is InChI=1S/C21H20N4O3S/c1-3-13(2)18-20(26)24-19(23-18)16-6-4-5-7-17(16)22-21(24)29-12-14-8-10-15(11-9-14)25(27)28/h4-11,13,18H,3,12H2,1-2H3/t13-,18+/m1/s1. The van der Waals surface area contributed by atoms with Crippen molar-refractivity contribution in [3.05, 3.63) is 69.8 Å². The molecule has 29 heavy (non-hydrogen) atoms. The Hall–Kier alpha value is -3.00. The number of aliphatic imine (C=N–C) groups is 2. The number of para-hydroxylation sites is 1. The Bertz CT molecular complexity index is 1030. The number of nitro groups is 1. The van der Waals surface area contributed by atoms with Crippen LogP contribution in [0.25, 0.3) is 0 Å². The van der Waals surface area contributed by atoms with E-state index in [0.717, 1.165) is 23.2 Å². The lowest BCUT2D eigenvalue weighted by atomic mass is 10.00. The van der Waals surface area contributed by atoms with Crippen molar-refractivity contribution in [1.29, 1.82) is 0 Å². The average molecular weight is 408 g/mol. The van der Waals surface area contributed by atoms with Gasteiger partial charge in [0.15, 0.2) is 5.17 Å². The first kappa shape index (κ1) is 19.3. The SMILES string of the molecule is CC[C@@H](C)[C@@H]1N=C2c3ccccc3N=C(SCc3ccc([N+](=O)[O-])cc3)N2C1=O. The van der Waals surface area contributed by atoms with Crippen LogP contribution in [0.4, 0.5) is 11.4 Å². The lowest BCUT2D eigenvalue weighted by Crippen LogP contribution is -2.42. The quantitative estimate of drug-likeness (QED) is 0.537. The Labute approximate surface area is 172 Å². The summed E-state index contributed by atoms with van der Waals surface area (Å²) in [5, 5.41) is 11.4. The molecule has 0 spiro atoms. The van der Waals surface area contributed by atoms with Gasteiger partial charge in [-0.25, -0.2) is 9.89 Å². The molecule has 0 fully saturated rings. The van der Waals surface area contributed by atoms with Gasteiger partial charge in [0.25, 0.3) is 11.6 Å². The predicted molar refractivity (Wildman–Crippen MR) is 115 cm³/mol. The minimum absolute atomic E-state index is 0.0428. The van der Waals surface area contributed by atoms with Crippen LogP contribution in [0.1, 0.15) is 31.4 Å². The molecule has 0 aliphatic carbocycles. The molecule has 2 atom stereocenters. The van der Waals surface area contributed by atoms with Crippen LogP contribution >= 0.6 is 11.8 Å². The molecule has 2 heterocycles. The second kappa shape index (κ2) is 7.79. The molecular formula is C21H20N4O3S. The molecular weight excluding hydrogens is 388 g/mol. The van der Waals surface area contributed by atoms with Gasteiger partial charge in [0.05, 0.1) is 10.6 Å². The van der Waals surface area contributed by atoms with Crippen LogP contribution in [-0.4, -0.2) is 32.8 Å². The number of hydrogen-bond acceptors (Lipinski definition) is 6. The molecule has 8 heteroatoms. The van der Waals surface area contributed by atoms with E-state index in [1.165, 1.54) is 23.9 Å². The van der Waals surface area contributed by atoms with Crippen molar-refractivity contribution in [3.63, 3.8) is 0 Å². The number of non-ortho nitro benzene ring substituents is 1. The molecule has 2 aliphatic heterocycles. The lowest BCUT2D eigenvalue weighted by Gasteiger charge is -2.26. The first-order valence-electron chi connectivity index (χ1n) is 9.45. The smallest absolute Gasteiger partial charge is 0.269 e. The van der Waals surface area contributed by atoms with Gasteiger partial charge in [0, 0.05) is 23.4 Å². The molecule has 0 radical (unpaired) electrons. The monoisotopic (exact) mass is 408 g/mol. The van der Waals surface area contributed by atoms with Crippen LogP contribution in [0.5, 0.6) is 0 Å². The van der Waals surface area contributed by atoms with Gasteiger partial charge in [0.1, 0.15) is 11.9 Å². The molecule has 2 aromatic rings. The van der Waals surface area contributed by atoms with Crippen LogP contribution in [0, 0.1) is 16.0 Å². The van der Waals surface area contributed by atoms with Crippen molar-refractivity contribution >= 4 is 40.0 Å². The molecule has 4 rings (SSSR count). The number of amides is 1. The molecule has 1 amide bonds. The summed E-state index contributed by atoms with van der Waals surface area (Å²) in [4.78, 5) is 34.7. The molecule has 148 valence electrons. The highest BCUT2D eigenvalue weighted by molar-refractivity contribution is 8.13. The van der Waals surface area contributed by atoms with Crippen LogP contribution in [0.2, 0.25) is 0 Å². The van der Waals surface area contributed by atoms with E-state index in [-0.39, 0.29) is 17.5 Å². The highest BCUT2D eigenvalue weighted by atomic mass is 32.2. The zero-order valence-electron chi connectivity index (χ0n) is 16.1. The maximum atomic E-state index is 13.1. The number of carbonyl (C=O) groups excluding carboxylic acids is 1. The van der Waals surface area contributed by atoms with E-state index in [1.54, 1.807) is 17.0 Å². The number of amidine groups is 2. The van der Waals surface area contributed by atoms with Gasteiger partial charge >= 0.3 is 0 Å². The molecule has 7 nitrogen and oxygen atoms in total. The first-order valence-corrected chi connectivity index (χ1v) is 10.4. The molecule has 0 aromatic heterocycles. The fourth-order valence-corrected chi connectivity index (χ4v) is 4.28. The van der Waals surface area contributed by atoms with Crippen molar-refractivity contribution in [2.24, 2.45) is 15.9 Å². The second-order valence-corrected chi connectivity index (χ2v) is 8.02. The van der Waals surface area contributed by atoms with Crippen molar-refractivity contribution in [2.75, 3.05) is 0 Å². The third-order valence-electron chi connectivity index (χ3n) is 5.20. The minimum atomic E-state index is -0.417. The van der Waals surface area contributed by atoms with Crippen molar-refractivity contribution in [1.82, 2.24) is 4.90 Å². The summed E-state index contributed by atoms with van der Waals surface area (Å²) in [6.45, 7) is 4.10. The van der Waals surface area contributed by atoms with E-state index in [0.29, 0.717) is 16.8 Å². The van der Waals surface area contributed by atoms with Gasteiger partial charge in [0.2, 0.25) is 0 Å². The maximum absolute atomic E-state index is 13.1. The largest absolute Gasteiger partial charge is 0.271 e. The summed E-state index contributed by atoms with van der Waals surface area (Å²) in [5.41, 5.74) is 2.65. The number of nitro benzene ring substituents is 1. The summed E-state index contributed by atoms with van der Waals surface area (Å²) in [6.07, 6.45) is 0.866. The normalized spacial score (nSPS) is 18.6. The van der Waals surface area contributed by atoms with Gasteiger partial charge in [-0.15, -0.1) is 0 Å². The Morgan fingerprint density at radius 1 is 1.21 bits per heavy atom. The third kappa shape index (κ3) is 3.55. The maximum Gasteiger partial charge on any atom is 0.269 e. The van der Waals surface area contributed by atoms with Crippen LogP contribution in [0.15, 0.2) is 58.5 Å². The zero-order chi connectivity index (χ0) is 20.5. The molecule has 0 saturated heterocycles. The minimum Gasteiger partial charge on any atom is -0.271 e. The Balaban J connectivity index is 1.63. The third-order valence-corrected chi connectivity index (χ3v) is 6.21. The number of hydrogen-bond donors (Lipinski definition) is 0. The van der Waals surface area contributed by atoms with E-state index in [4.69, 9.17) is 9.98 Å². The van der Waals surface area contributed by atoms with Crippen LogP contribution in [-0.2, 0) is 10.5 Å². The number of rotatable bonds is 5. The number of carbonyl (C=O) groups is 1. The van der Waals surface area contributed by atoms with E-state index in [1.807, 2.05) is 31.2 Å².